The summed E-state index contributed by atoms with van der Waals surface area (Å²) in [4.78, 5) is 18.9. The number of phosphoric ester groups is 1. The Bertz CT molecular complexity index is 190. The van der Waals surface area contributed by atoms with Gasteiger partial charge in [-0.25, -0.2) is 4.57 Å². The second-order valence-corrected chi connectivity index (χ2v) is 3.34. The fourth-order valence-corrected chi connectivity index (χ4v) is 1.17. The molecule has 0 spiro atoms. The molecule has 0 heterocycles. The van der Waals surface area contributed by atoms with Crippen LogP contribution in [-0.2, 0) is 18.4 Å². The van der Waals surface area contributed by atoms with Gasteiger partial charge in [-0.2, -0.15) is 0 Å². The van der Waals surface area contributed by atoms with E-state index in [-0.39, 0.29) is 19.6 Å². The minimum atomic E-state index is -4.24. The van der Waals surface area contributed by atoms with Crippen LogP contribution in [-0.4, -0.2) is 29.2 Å². The van der Waals surface area contributed by atoms with Gasteiger partial charge in [-0.3, -0.25) is 14.2 Å². The predicted octanol–water partition coefficient (Wildman–Crippen LogP) is 0.0489. The maximum Gasteiger partial charge on any atom is 0.529 e. The number of aliphatic hydroxyl groups is 1. The van der Waals surface area contributed by atoms with Gasteiger partial charge in [0, 0.05) is 13.5 Å². The predicted molar refractivity (Wildman–Crippen MR) is 39.2 cm³/mol. The SMILES string of the molecule is CC(=O)OP(=O)(O)OCCCO. The molecule has 0 saturated carbocycles. The van der Waals surface area contributed by atoms with Gasteiger partial charge in [0.2, 0.25) is 0 Å². The number of rotatable bonds is 5. The molecule has 6 nitrogen and oxygen atoms in total. The summed E-state index contributed by atoms with van der Waals surface area (Å²) in [5.74, 6) is -0.884. The summed E-state index contributed by atoms with van der Waals surface area (Å²) in [6.45, 7) is 0.718. The van der Waals surface area contributed by atoms with Gasteiger partial charge in [-0.05, 0) is 6.42 Å². The smallest absolute Gasteiger partial charge is 0.396 e. The first kappa shape index (κ1) is 11.6. The molecule has 72 valence electrons. The molecule has 2 N–H and O–H groups in total. The second-order valence-electron chi connectivity index (χ2n) is 1.96. The van der Waals surface area contributed by atoms with Crippen molar-refractivity contribution in [3.8, 4) is 0 Å². The lowest BCUT2D eigenvalue weighted by atomic mass is 10.5. The monoisotopic (exact) mass is 198 g/mol. The summed E-state index contributed by atoms with van der Waals surface area (Å²) in [7, 11) is -4.24. The largest absolute Gasteiger partial charge is 0.529 e. The van der Waals surface area contributed by atoms with E-state index in [9.17, 15) is 9.36 Å². The highest BCUT2D eigenvalue weighted by Crippen LogP contribution is 2.43. The average molecular weight is 198 g/mol. The molecule has 0 aliphatic carbocycles. The quantitative estimate of drug-likeness (QED) is 0.478. The maximum absolute atomic E-state index is 10.7. The van der Waals surface area contributed by atoms with Crippen molar-refractivity contribution in [3.63, 3.8) is 0 Å². The molecule has 0 bridgehead atoms. The Morgan fingerprint density at radius 3 is 2.58 bits per heavy atom. The lowest BCUT2D eigenvalue weighted by molar-refractivity contribution is -0.133. The lowest BCUT2D eigenvalue weighted by Crippen LogP contribution is -2.01. The summed E-state index contributed by atoms with van der Waals surface area (Å²) in [5, 5.41) is 8.29. The Hall–Kier alpha value is -0.420. The normalized spacial score (nSPS) is 15.2. The molecule has 0 aromatic carbocycles. The molecule has 0 aliphatic heterocycles. The minimum absolute atomic E-state index is 0.127. The topological polar surface area (TPSA) is 93.1 Å². The first-order valence-corrected chi connectivity index (χ1v) is 4.76. The zero-order valence-electron chi connectivity index (χ0n) is 6.60. The van der Waals surface area contributed by atoms with Gasteiger partial charge in [-0.15, -0.1) is 0 Å². The highest BCUT2D eigenvalue weighted by atomic mass is 31.2. The number of phosphoric acid groups is 1. The second kappa shape index (κ2) is 5.27. The van der Waals surface area contributed by atoms with E-state index in [1.54, 1.807) is 0 Å². The summed E-state index contributed by atoms with van der Waals surface area (Å²) in [5.41, 5.74) is 0. The van der Waals surface area contributed by atoms with Crippen LogP contribution >= 0.6 is 7.82 Å². The van der Waals surface area contributed by atoms with Gasteiger partial charge < -0.3 is 9.63 Å². The zero-order valence-corrected chi connectivity index (χ0v) is 7.49. The molecule has 0 fully saturated rings. The Balaban J connectivity index is 3.72. The van der Waals surface area contributed by atoms with E-state index in [0.29, 0.717) is 0 Å². The van der Waals surface area contributed by atoms with Crippen LogP contribution in [0.25, 0.3) is 0 Å². The van der Waals surface area contributed by atoms with E-state index >= 15 is 0 Å². The molecule has 1 atom stereocenters. The number of carbonyl (C=O) groups excluding carboxylic acids is 1. The van der Waals surface area contributed by atoms with Gasteiger partial charge >= 0.3 is 13.8 Å². The molecule has 0 rings (SSSR count). The van der Waals surface area contributed by atoms with Gasteiger partial charge in [0.05, 0.1) is 6.61 Å². The molecule has 0 saturated heterocycles. The van der Waals surface area contributed by atoms with Gasteiger partial charge in [-0.1, -0.05) is 0 Å². The lowest BCUT2D eigenvalue weighted by Gasteiger charge is -2.09. The number of hydrogen-bond donors (Lipinski definition) is 2. The van der Waals surface area contributed by atoms with Crippen molar-refractivity contribution in [2.24, 2.45) is 0 Å². The van der Waals surface area contributed by atoms with Crippen LogP contribution in [0, 0.1) is 0 Å². The van der Waals surface area contributed by atoms with Crippen molar-refractivity contribution < 1.29 is 28.4 Å². The molecule has 12 heavy (non-hydrogen) atoms. The average Bonchev–Trinajstić information content (AvgIpc) is 1.84. The molecular weight excluding hydrogens is 187 g/mol. The third-order valence-corrected chi connectivity index (χ3v) is 1.80. The molecule has 0 aromatic rings. The van der Waals surface area contributed by atoms with Crippen LogP contribution in [0.1, 0.15) is 13.3 Å². The van der Waals surface area contributed by atoms with E-state index in [0.717, 1.165) is 6.92 Å². The van der Waals surface area contributed by atoms with Crippen molar-refractivity contribution in [2.45, 2.75) is 13.3 Å². The van der Waals surface area contributed by atoms with E-state index in [1.165, 1.54) is 0 Å². The van der Waals surface area contributed by atoms with Crippen molar-refractivity contribution in [1.82, 2.24) is 0 Å². The van der Waals surface area contributed by atoms with E-state index < -0.39 is 13.8 Å². The molecular formula is C5H11O6P. The molecule has 7 heteroatoms. The summed E-state index contributed by atoms with van der Waals surface area (Å²) in [6.07, 6.45) is 0.214. The van der Waals surface area contributed by atoms with Crippen LogP contribution in [0.4, 0.5) is 0 Å². The van der Waals surface area contributed by atoms with Gasteiger partial charge in [0.15, 0.2) is 0 Å². The Morgan fingerprint density at radius 2 is 2.17 bits per heavy atom. The van der Waals surface area contributed by atoms with Crippen LogP contribution < -0.4 is 0 Å². The Labute approximate surface area is 69.7 Å². The number of hydrogen-bond acceptors (Lipinski definition) is 5. The van der Waals surface area contributed by atoms with Crippen molar-refractivity contribution >= 4 is 13.8 Å². The standard InChI is InChI=1S/C5H11O6P/c1-5(7)11-12(8,9)10-4-2-3-6/h6H,2-4H2,1H3,(H,8,9). The molecule has 0 amide bonds. The third kappa shape index (κ3) is 6.30. The molecule has 0 aliphatic rings. The summed E-state index contributed by atoms with van der Waals surface area (Å²) in [6, 6.07) is 0. The van der Waals surface area contributed by atoms with E-state index in [2.05, 4.69) is 9.05 Å². The highest BCUT2D eigenvalue weighted by molar-refractivity contribution is 7.48. The van der Waals surface area contributed by atoms with Crippen LogP contribution in [0.2, 0.25) is 0 Å². The van der Waals surface area contributed by atoms with Gasteiger partial charge in [0.1, 0.15) is 0 Å². The number of aliphatic hydroxyl groups excluding tert-OH is 1. The summed E-state index contributed by atoms with van der Waals surface area (Å²) >= 11 is 0. The molecule has 0 radical (unpaired) electrons. The number of carbonyl (C=O) groups is 1. The van der Waals surface area contributed by atoms with Crippen LogP contribution in [0.5, 0.6) is 0 Å². The first-order valence-electron chi connectivity index (χ1n) is 3.26. The Kier molecular flexibility index (Phi) is 5.08. The van der Waals surface area contributed by atoms with Crippen LogP contribution in [0.15, 0.2) is 0 Å². The van der Waals surface area contributed by atoms with Crippen molar-refractivity contribution in [3.05, 3.63) is 0 Å². The molecule has 1 unspecified atom stereocenters. The highest BCUT2D eigenvalue weighted by Gasteiger charge is 2.23. The maximum atomic E-state index is 10.7. The third-order valence-electron chi connectivity index (χ3n) is 0.801. The van der Waals surface area contributed by atoms with Gasteiger partial charge in [0.25, 0.3) is 0 Å². The molecule has 0 aromatic heterocycles. The van der Waals surface area contributed by atoms with E-state index in [1.807, 2.05) is 0 Å². The summed E-state index contributed by atoms with van der Waals surface area (Å²) < 4.78 is 18.9. The first-order chi connectivity index (χ1) is 5.48. The zero-order chi connectivity index (χ0) is 9.61. The van der Waals surface area contributed by atoms with E-state index in [4.69, 9.17) is 10.00 Å². The Morgan fingerprint density at radius 1 is 1.58 bits per heavy atom. The fourth-order valence-electron chi connectivity index (χ4n) is 0.433. The van der Waals surface area contributed by atoms with Crippen molar-refractivity contribution in [1.29, 1.82) is 0 Å². The van der Waals surface area contributed by atoms with Crippen LogP contribution in [0.3, 0.4) is 0 Å². The van der Waals surface area contributed by atoms with Crippen molar-refractivity contribution in [2.75, 3.05) is 13.2 Å². The minimum Gasteiger partial charge on any atom is -0.396 e. The fraction of sp³-hybridized carbons (Fsp3) is 0.800.